The Bertz CT molecular complexity index is 426. The van der Waals surface area contributed by atoms with Gasteiger partial charge in [-0.05, 0) is 28.1 Å². The predicted octanol–water partition coefficient (Wildman–Crippen LogP) is 0.688. The van der Waals surface area contributed by atoms with E-state index >= 15 is 0 Å². The van der Waals surface area contributed by atoms with Gasteiger partial charge < -0.3 is 21.1 Å². The van der Waals surface area contributed by atoms with Gasteiger partial charge in [0.15, 0.2) is 6.10 Å². The monoisotopic (exact) mass is 309 g/mol. The minimum Gasteiger partial charge on any atom is -0.506 e. The fraction of sp³-hybridized carbons (Fsp3) is 0.222. The van der Waals surface area contributed by atoms with E-state index < -0.39 is 18.1 Å². The van der Waals surface area contributed by atoms with Crippen LogP contribution in [0.4, 0.5) is 0 Å². The molecular formula is C9H9BrClNO4. The number of rotatable bonds is 3. The van der Waals surface area contributed by atoms with Crippen LogP contribution < -0.4 is 5.73 Å². The molecule has 0 aliphatic carbocycles. The number of aliphatic hydroxyl groups is 2. The van der Waals surface area contributed by atoms with Crippen molar-refractivity contribution in [3.63, 3.8) is 0 Å². The lowest BCUT2D eigenvalue weighted by Gasteiger charge is -2.17. The lowest BCUT2D eigenvalue weighted by Crippen LogP contribution is -2.33. The summed E-state index contributed by atoms with van der Waals surface area (Å²) in [6.45, 7) is 0. The van der Waals surface area contributed by atoms with Crippen molar-refractivity contribution in [1.29, 1.82) is 0 Å². The van der Waals surface area contributed by atoms with E-state index in [4.69, 9.17) is 17.3 Å². The lowest BCUT2D eigenvalue weighted by molar-refractivity contribution is -0.132. The molecule has 0 saturated carbocycles. The van der Waals surface area contributed by atoms with E-state index in [2.05, 4.69) is 15.9 Å². The van der Waals surface area contributed by atoms with Crippen LogP contribution in [0.25, 0.3) is 0 Å². The predicted molar refractivity (Wildman–Crippen MR) is 61.0 cm³/mol. The van der Waals surface area contributed by atoms with E-state index in [0.717, 1.165) is 0 Å². The molecule has 0 spiro atoms. The van der Waals surface area contributed by atoms with Crippen molar-refractivity contribution in [1.82, 2.24) is 0 Å². The summed E-state index contributed by atoms with van der Waals surface area (Å²) in [6.07, 6.45) is -3.44. The van der Waals surface area contributed by atoms with Crippen molar-refractivity contribution >= 4 is 33.4 Å². The van der Waals surface area contributed by atoms with Crippen LogP contribution in [-0.4, -0.2) is 27.3 Å². The number of nitrogens with two attached hydrogens (primary N) is 1. The van der Waals surface area contributed by atoms with E-state index in [9.17, 15) is 20.1 Å². The highest BCUT2D eigenvalue weighted by molar-refractivity contribution is 9.10. The average Bonchev–Trinajstić information content (AvgIpc) is 2.21. The first-order valence-corrected chi connectivity index (χ1v) is 5.35. The van der Waals surface area contributed by atoms with Gasteiger partial charge in [-0.25, -0.2) is 0 Å². The third-order valence-electron chi connectivity index (χ3n) is 1.97. The minimum atomic E-state index is -1.81. The van der Waals surface area contributed by atoms with Gasteiger partial charge in [-0.1, -0.05) is 11.6 Å². The number of benzene rings is 1. The third-order valence-corrected chi connectivity index (χ3v) is 2.79. The molecule has 0 aliphatic rings. The van der Waals surface area contributed by atoms with Crippen LogP contribution in [0.3, 0.4) is 0 Å². The largest absolute Gasteiger partial charge is 0.506 e. The Morgan fingerprint density at radius 3 is 2.50 bits per heavy atom. The molecule has 16 heavy (non-hydrogen) atoms. The molecule has 5 N–H and O–H groups in total. The summed E-state index contributed by atoms with van der Waals surface area (Å²) in [5, 5.41) is 28.7. The normalized spacial score (nSPS) is 14.5. The van der Waals surface area contributed by atoms with Crippen LogP contribution in [0.5, 0.6) is 5.75 Å². The Labute approximate surface area is 105 Å². The molecule has 0 saturated heterocycles. The van der Waals surface area contributed by atoms with Crippen molar-refractivity contribution in [2.75, 3.05) is 0 Å². The SMILES string of the molecule is NC(=O)C(O)C(O)c1cc(Cl)cc(Br)c1O. The van der Waals surface area contributed by atoms with Crippen molar-refractivity contribution in [2.45, 2.75) is 12.2 Å². The number of carbonyl (C=O) groups excluding carboxylic acids is 1. The zero-order valence-electron chi connectivity index (χ0n) is 7.89. The second-order valence-electron chi connectivity index (χ2n) is 3.12. The Morgan fingerprint density at radius 1 is 1.44 bits per heavy atom. The smallest absolute Gasteiger partial charge is 0.249 e. The van der Waals surface area contributed by atoms with Gasteiger partial charge in [-0.3, -0.25) is 4.79 Å². The molecule has 1 amide bonds. The van der Waals surface area contributed by atoms with Gasteiger partial charge in [-0.2, -0.15) is 0 Å². The molecule has 0 bridgehead atoms. The molecule has 2 atom stereocenters. The van der Waals surface area contributed by atoms with E-state index in [1.165, 1.54) is 12.1 Å². The molecule has 88 valence electrons. The summed E-state index contributed by atoms with van der Waals surface area (Å²) in [5.74, 6) is -1.40. The topological polar surface area (TPSA) is 104 Å². The maximum atomic E-state index is 10.7. The maximum absolute atomic E-state index is 10.7. The number of halogens is 2. The third kappa shape index (κ3) is 2.65. The van der Waals surface area contributed by atoms with Crippen molar-refractivity contribution in [2.24, 2.45) is 5.73 Å². The molecule has 0 aliphatic heterocycles. The van der Waals surface area contributed by atoms with Crippen LogP contribution in [0, 0.1) is 0 Å². The summed E-state index contributed by atoms with van der Waals surface area (Å²) in [7, 11) is 0. The van der Waals surface area contributed by atoms with E-state index in [1.807, 2.05) is 0 Å². The van der Waals surface area contributed by atoms with Crippen molar-refractivity contribution < 1.29 is 20.1 Å². The number of primary amides is 1. The number of aromatic hydroxyl groups is 1. The Kier molecular flexibility index (Phi) is 4.15. The van der Waals surface area contributed by atoms with Crippen LogP contribution in [0.1, 0.15) is 11.7 Å². The summed E-state index contributed by atoms with van der Waals surface area (Å²) in [6, 6.07) is 2.64. The molecule has 0 fully saturated rings. The Hall–Kier alpha value is -0.820. The molecule has 0 aromatic heterocycles. The number of aliphatic hydroxyl groups excluding tert-OH is 2. The van der Waals surface area contributed by atoms with Gasteiger partial charge >= 0.3 is 0 Å². The van der Waals surface area contributed by atoms with Gasteiger partial charge in [-0.15, -0.1) is 0 Å². The summed E-state index contributed by atoms with van der Waals surface area (Å²) >= 11 is 8.71. The van der Waals surface area contributed by atoms with Gasteiger partial charge in [0.1, 0.15) is 11.9 Å². The lowest BCUT2D eigenvalue weighted by atomic mass is 10.0. The number of hydrogen-bond donors (Lipinski definition) is 4. The van der Waals surface area contributed by atoms with Crippen LogP contribution >= 0.6 is 27.5 Å². The molecule has 2 unspecified atom stereocenters. The highest BCUT2D eigenvalue weighted by Crippen LogP contribution is 2.36. The number of hydrogen-bond acceptors (Lipinski definition) is 4. The van der Waals surface area contributed by atoms with Crippen LogP contribution in [0.2, 0.25) is 5.02 Å². The Balaban J connectivity index is 3.17. The van der Waals surface area contributed by atoms with Crippen LogP contribution in [-0.2, 0) is 4.79 Å². The van der Waals surface area contributed by atoms with Crippen molar-refractivity contribution in [3.8, 4) is 5.75 Å². The highest BCUT2D eigenvalue weighted by atomic mass is 79.9. The number of carbonyl (C=O) groups is 1. The molecule has 0 radical (unpaired) electrons. The zero-order valence-corrected chi connectivity index (χ0v) is 10.2. The summed E-state index contributed by atoms with van der Waals surface area (Å²) in [5.41, 5.74) is 4.75. The average molecular weight is 311 g/mol. The molecule has 0 heterocycles. The number of amides is 1. The highest BCUT2D eigenvalue weighted by Gasteiger charge is 2.26. The fourth-order valence-corrected chi connectivity index (χ4v) is 1.97. The molecule has 1 rings (SSSR count). The first kappa shape index (κ1) is 13.2. The quantitative estimate of drug-likeness (QED) is 0.659. The zero-order chi connectivity index (χ0) is 12.5. The number of phenolic OH excluding ortho intramolecular Hbond substituents is 1. The van der Waals surface area contributed by atoms with E-state index in [0.29, 0.717) is 0 Å². The van der Waals surface area contributed by atoms with Gasteiger partial charge in [0.05, 0.1) is 4.47 Å². The van der Waals surface area contributed by atoms with Gasteiger partial charge in [0.2, 0.25) is 5.91 Å². The fourth-order valence-electron chi connectivity index (χ4n) is 1.14. The standard InChI is InChI=1S/C9H9BrClNO4/c10-5-2-3(11)1-4(6(5)13)7(14)8(15)9(12)16/h1-2,7-8,13-15H,(H2,12,16). The molecule has 1 aromatic rings. The van der Waals surface area contributed by atoms with E-state index in [-0.39, 0.29) is 20.8 Å². The second-order valence-corrected chi connectivity index (χ2v) is 4.41. The first-order valence-electron chi connectivity index (χ1n) is 4.18. The Morgan fingerprint density at radius 2 is 2.00 bits per heavy atom. The number of phenols is 1. The molecule has 7 heteroatoms. The molecule has 1 aromatic carbocycles. The second kappa shape index (κ2) is 5.01. The minimum absolute atomic E-state index is 0.0781. The first-order chi connectivity index (χ1) is 7.34. The van der Waals surface area contributed by atoms with Crippen molar-refractivity contribution in [3.05, 3.63) is 27.2 Å². The van der Waals surface area contributed by atoms with E-state index in [1.54, 1.807) is 0 Å². The van der Waals surface area contributed by atoms with Crippen LogP contribution in [0.15, 0.2) is 16.6 Å². The summed E-state index contributed by atoms with van der Waals surface area (Å²) in [4.78, 5) is 10.7. The maximum Gasteiger partial charge on any atom is 0.249 e. The van der Waals surface area contributed by atoms with Gasteiger partial charge in [0, 0.05) is 10.6 Å². The summed E-state index contributed by atoms with van der Waals surface area (Å²) < 4.78 is 0.241. The van der Waals surface area contributed by atoms with Gasteiger partial charge in [0.25, 0.3) is 0 Å². The molecule has 5 nitrogen and oxygen atoms in total. The molecular weight excluding hydrogens is 301 g/mol.